The van der Waals surface area contributed by atoms with Gasteiger partial charge in [-0.2, -0.15) is 0 Å². The van der Waals surface area contributed by atoms with Crippen molar-refractivity contribution in [3.05, 3.63) is 12.2 Å². The number of hydrogen-bond acceptors (Lipinski definition) is 3. The molecule has 4 rings (SSSR count). The summed E-state index contributed by atoms with van der Waals surface area (Å²) in [5.41, 5.74) is 0. The zero-order valence-corrected chi connectivity index (χ0v) is 11.1. The van der Waals surface area contributed by atoms with Crippen molar-refractivity contribution in [1.29, 1.82) is 0 Å². The molecule has 0 radical (unpaired) electrons. The van der Waals surface area contributed by atoms with Gasteiger partial charge in [-0.15, -0.1) is 0 Å². The molecule has 2 saturated heterocycles. The molecular formula is C15H20N2O2. The van der Waals surface area contributed by atoms with E-state index in [0.717, 1.165) is 26.1 Å². The van der Waals surface area contributed by atoms with E-state index >= 15 is 0 Å². The molecule has 0 aromatic rings. The van der Waals surface area contributed by atoms with Crippen LogP contribution in [0.25, 0.3) is 0 Å². The molecule has 2 bridgehead atoms. The third kappa shape index (κ3) is 1.62. The minimum atomic E-state index is -0.0268. The number of hydrogen-bond donors (Lipinski definition) is 0. The molecule has 0 N–H and O–H groups in total. The Kier molecular flexibility index (Phi) is 2.56. The number of likely N-dealkylation sites (tertiary alicyclic amines) is 2. The maximum absolute atomic E-state index is 12.4. The molecule has 4 heteroatoms. The number of carbonyl (C=O) groups excluding carboxylic acids is 2. The minimum absolute atomic E-state index is 0.0268. The fraction of sp³-hybridized carbons (Fsp3) is 0.733. The second-order valence-electron chi connectivity index (χ2n) is 6.38. The molecule has 2 heterocycles. The Morgan fingerprint density at radius 1 is 0.947 bits per heavy atom. The summed E-state index contributed by atoms with van der Waals surface area (Å²) in [7, 11) is 0. The highest BCUT2D eigenvalue weighted by molar-refractivity contribution is 6.06. The van der Waals surface area contributed by atoms with E-state index in [9.17, 15) is 9.59 Å². The molecule has 4 aliphatic rings. The zero-order chi connectivity index (χ0) is 13.0. The third-order valence-electron chi connectivity index (χ3n) is 5.40. The first-order valence-electron chi connectivity index (χ1n) is 7.51. The van der Waals surface area contributed by atoms with Crippen molar-refractivity contribution in [2.45, 2.75) is 19.3 Å². The number of imide groups is 1. The van der Waals surface area contributed by atoms with E-state index in [1.165, 1.54) is 12.8 Å². The van der Waals surface area contributed by atoms with E-state index in [0.29, 0.717) is 18.4 Å². The van der Waals surface area contributed by atoms with Crippen LogP contribution in [-0.2, 0) is 9.59 Å². The molecule has 2 aliphatic heterocycles. The van der Waals surface area contributed by atoms with Crippen LogP contribution in [0.5, 0.6) is 0 Å². The molecular weight excluding hydrogens is 240 g/mol. The number of rotatable bonds is 3. The fourth-order valence-electron chi connectivity index (χ4n) is 4.43. The normalized spacial score (nSPS) is 40.7. The van der Waals surface area contributed by atoms with Crippen molar-refractivity contribution < 1.29 is 9.59 Å². The summed E-state index contributed by atoms with van der Waals surface area (Å²) in [6, 6.07) is 0. The number of allylic oxidation sites excluding steroid dienone is 2. The summed E-state index contributed by atoms with van der Waals surface area (Å²) in [6.07, 6.45) is 7.83. The molecule has 0 aromatic carbocycles. The van der Waals surface area contributed by atoms with E-state index < -0.39 is 0 Å². The molecule has 1 saturated carbocycles. The lowest BCUT2D eigenvalue weighted by molar-refractivity contribution is -0.140. The highest BCUT2D eigenvalue weighted by Crippen LogP contribution is 2.52. The lowest BCUT2D eigenvalue weighted by Gasteiger charge is -2.21. The fourth-order valence-corrected chi connectivity index (χ4v) is 4.43. The van der Waals surface area contributed by atoms with Gasteiger partial charge in [-0.3, -0.25) is 14.5 Å². The zero-order valence-electron chi connectivity index (χ0n) is 11.1. The Morgan fingerprint density at radius 3 is 2.11 bits per heavy atom. The quantitative estimate of drug-likeness (QED) is 0.559. The van der Waals surface area contributed by atoms with Crippen molar-refractivity contribution in [1.82, 2.24) is 9.80 Å². The van der Waals surface area contributed by atoms with Crippen LogP contribution in [-0.4, -0.2) is 47.8 Å². The molecule has 0 spiro atoms. The molecule has 19 heavy (non-hydrogen) atoms. The second-order valence-corrected chi connectivity index (χ2v) is 6.38. The molecule has 4 atom stereocenters. The smallest absolute Gasteiger partial charge is 0.233 e. The van der Waals surface area contributed by atoms with E-state index in [1.54, 1.807) is 4.90 Å². The topological polar surface area (TPSA) is 40.6 Å². The van der Waals surface area contributed by atoms with Gasteiger partial charge in [0.1, 0.15) is 0 Å². The Labute approximate surface area is 113 Å². The summed E-state index contributed by atoms with van der Waals surface area (Å²) in [5.74, 6) is 0.825. The van der Waals surface area contributed by atoms with Crippen LogP contribution in [0.15, 0.2) is 12.2 Å². The molecule has 102 valence electrons. The number of fused-ring (bicyclic) bond motifs is 5. The average molecular weight is 260 g/mol. The summed E-state index contributed by atoms with van der Waals surface area (Å²) in [4.78, 5) is 28.8. The molecule has 0 aromatic heterocycles. The van der Waals surface area contributed by atoms with Crippen LogP contribution in [0.1, 0.15) is 19.3 Å². The van der Waals surface area contributed by atoms with Crippen molar-refractivity contribution in [3.8, 4) is 0 Å². The number of nitrogens with zero attached hydrogens (tertiary/aromatic N) is 2. The largest absolute Gasteiger partial charge is 0.302 e. The Morgan fingerprint density at radius 2 is 1.53 bits per heavy atom. The third-order valence-corrected chi connectivity index (χ3v) is 5.40. The van der Waals surface area contributed by atoms with Gasteiger partial charge in [-0.25, -0.2) is 0 Å². The van der Waals surface area contributed by atoms with E-state index in [2.05, 4.69) is 17.1 Å². The highest BCUT2D eigenvalue weighted by atomic mass is 16.2. The van der Waals surface area contributed by atoms with Gasteiger partial charge in [0, 0.05) is 13.1 Å². The lowest BCUT2D eigenvalue weighted by atomic mass is 9.85. The van der Waals surface area contributed by atoms with E-state index in [-0.39, 0.29) is 23.7 Å². The second kappa shape index (κ2) is 4.17. The van der Waals surface area contributed by atoms with Gasteiger partial charge in [0.15, 0.2) is 0 Å². The summed E-state index contributed by atoms with van der Waals surface area (Å²) < 4.78 is 0. The van der Waals surface area contributed by atoms with E-state index in [4.69, 9.17) is 0 Å². The standard InChI is InChI=1S/C15H20N2O2/c18-14-12-10-3-4-11(9-10)13(12)15(19)17(14)8-7-16-5-1-2-6-16/h3-4,10-13H,1-2,5-9H2/t10-,11+,12-,13+. The summed E-state index contributed by atoms with van der Waals surface area (Å²) >= 11 is 0. The van der Waals surface area contributed by atoms with Gasteiger partial charge in [-0.1, -0.05) is 12.2 Å². The van der Waals surface area contributed by atoms with Gasteiger partial charge >= 0.3 is 0 Å². The van der Waals surface area contributed by atoms with Crippen LogP contribution in [0, 0.1) is 23.7 Å². The monoisotopic (exact) mass is 260 g/mol. The Balaban J connectivity index is 1.46. The van der Waals surface area contributed by atoms with Gasteiger partial charge in [0.25, 0.3) is 0 Å². The van der Waals surface area contributed by atoms with Crippen LogP contribution < -0.4 is 0 Å². The highest BCUT2D eigenvalue weighted by Gasteiger charge is 2.58. The predicted octanol–water partition coefficient (Wildman–Crippen LogP) is 0.889. The predicted molar refractivity (Wildman–Crippen MR) is 70.1 cm³/mol. The molecule has 2 aliphatic carbocycles. The average Bonchev–Trinajstić information content (AvgIpc) is 3.14. The first kappa shape index (κ1) is 11.6. The summed E-state index contributed by atoms with van der Waals surface area (Å²) in [6.45, 7) is 3.70. The van der Waals surface area contributed by atoms with Gasteiger partial charge in [-0.05, 0) is 44.2 Å². The molecule has 4 nitrogen and oxygen atoms in total. The van der Waals surface area contributed by atoms with Crippen molar-refractivity contribution in [3.63, 3.8) is 0 Å². The first-order valence-corrected chi connectivity index (χ1v) is 7.51. The van der Waals surface area contributed by atoms with Crippen molar-refractivity contribution in [2.75, 3.05) is 26.2 Å². The first-order chi connectivity index (χ1) is 9.25. The van der Waals surface area contributed by atoms with Crippen molar-refractivity contribution >= 4 is 11.8 Å². The minimum Gasteiger partial charge on any atom is -0.302 e. The molecule has 2 amide bonds. The van der Waals surface area contributed by atoms with Crippen LogP contribution >= 0.6 is 0 Å². The van der Waals surface area contributed by atoms with Crippen LogP contribution in [0.4, 0.5) is 0 Å². The van der Waals surface area contributed by atoms with Crippen molar-refractivity contribution in [2.24, 2.45) is 23.7 Å². The Hall–Kier alpha value is -1.16. The van der Waals surface area contributed by atoms with E-state index in [1.807, 2.05) is 0 Å². The van der Waals surface area contributed by atoms with Gasteiger partial charge < -0.3 is 4.90 Å². The van der Waals surface area contributed by atoms with Gasteiger partial charge in [0.05, 0.1) is 11.8 Å². The molecule has 3 fully saturated rings. The maximum atomic E-state index is 12.4. The number of carbonyl (C=O) groups is 2. The number of amides is 2. The maximum Gasteiger partial charge on any atom is 0.233 e. The SMILES string of the molecule is O=C1[C@@H]2[C@H](C(=O)N1CCN1CCCC1)[C@@H]1C=C[C@H]2C1. The summed E-state index contributed by atoms with van der Waals surface area (Å²) in [5, 5.41) is 0. The Bertz CT molecular complexity index is 423. The van der Waals surface area contributed by atoms with Crippen LogP contribution in [0.3, 0.4) is 0 Å². The molecule has 0 unspecified atom stereocenters. The van der Waals surface area contributed by atoms with Crippen LogP contribution in [0.2, 0.25) is 0 Å². The van der Waals surface area contributed by atoms with Gasteiger partial charge in [0.2, 0.25) is 11.8 Å². The lowest BCUT2D eigenvalue weighted by Crippen LogP contribution is -2.39.